The third-order valence-electron chi connectivity index (χ3n) is 6.80. The highest BCUT2D eigenvalue weighted by atomic mass is 16.3. The van der Waals surface area contributed by atoms with Crippen LogP contribution in [0.4, 0.5) is 0 Å². The number of allylic oxidation sites excluding steroid dienone is 1. The van der Waals surface area contributed by atoms with Crippen molar-refractivity contribution in [2.75, 3.05) is 26.2 Å². The molecule has 4 heterocycles. The molecule has 32 heavy (non-hydrogen) atoms. The van der Waals surface area contributed by atoms with E-state index in [9.17, 15) is 14.7 Å². The normalized spacial score (nSPS) is 23.3. The molecule has 3 aliphatic heterocycles. The molecule has 1 N–H and O–H groups in total. The van der Waals surface area contributed by atoms with E-state index in [4.69, 9.17) is 0 Å². The fraction of sp³-hybridized carbons (Fsp3) is 0.360. The number of aromatic nitrogens is 1. The Kier molecular flexibility index (Phi) is 5.35. The first-order chi connectivity index (χ1) is 15.6. The van der Waals surface area contributed by atoms with Gasteiger partial charge in [-0.05, 0) is 30.2 Å². The van der Waals surface area contributed by atoms with Crippen molar-refractivity contribution in [1.29, 1.82) is 0 Å². The Hall–Kier alpha value is -3.32. The monoisotopic (exact) mass is 430 g/mol. The van der Waals surface area contributed by atoms with Gasteiger partial charge in [0, 0.05) is 49.2 Å². The highest BCUT2D eigenvalue weighted by Gasteiger charge is 2.68. The summed E-state index contributed by atoms with van der Waals surface area (Å²) in [5, 5.41) is 10.2. The van der Waals surface area contributed by atoms with Gasteiger partial charge in [0.2, 0.25) is 5.91 Å². The van der Waals surface area contributed by atoms with Crippen LogP contribution in [0.15, 0.2) is 72.0 Å². The van der Waals surface area contributed by atoms with Gasteiger partial charge in [-0.25, -0.2) is 0 Å². The summed E-state index contributed by atoms with van der Waals surface area (Å²) in [4.78, 5) is 38.4. The molecular formula is C25H26N4O3. The highest BCUT2D eigenvalue weighted by Crippen LogP contribution is 2.54. The zero-order valence-electron chi connectivity index (χ0n) is 17.8. The quantitative estimate of drug-likeness (QED) is 0.787. The van der Waals surface area contributed by atoms with E-state index in [2.05, 4.69) is 9.98 Å². The van der Waals surface area contributed by atoms with Crippen LogP contribution in [-0.2, 0) is 4.79 Å². The molecule has 7 nitrogen and oxygen atoms in total. The molecule has 0 unspecified atom stereocenters. The van der Waals surface area contributed by atoms with Crippen LogP contribution in [0.25, 0.3) is 0 Å². The molecule has 7 heteroatoms. The fourth-order valence-corrected chi connectivity index (χ4v) is 5.35. The molecule has 1 spiro atoms. The van der Waals surface area contributed by atoms with Crippen molar-refractivity contribution in [1.82, 2.24) is 14.8 Å². The average Bonchev–Trinajstić information content (AvgIpc) is 2.79. The summed E-state index contributed by atoms with van der Waals surface area (Å²) in [5.74, 6) is -0.141. The lowest BCUT2D eigenvalue weighted by Gasteiger charge is -2.70. The molecule has 0 bridgehead atoms. The Balaban J connectivity index is 1.41. The van der Waals surface area contributed by atoms with Crippen LogP contribution in [0.5, 0.6) is 0 Å². The number of carbonyl (C=O) groups is 2. The lowest BCUT2D eigenvalue weighted by atomic mass is 9.60. The van der Waals surface area contributed by atoms with Gasteiger partial charge in [-0.2, -0.15) is 0 Å². The Morgan fingerprint density at radius 2 is 1.84 bits per heavy atom. The number of aliphatic hydroxyl groups is 1. The fourth-order valence-electron chi connectivity index (χ4n) is 5.35. The van der Waals surface area contributed by atoms with E-state index in [0.29, 0.717) is 18.7 Å². The Morgan fingerprint density at radius 3 is 2.50 bits per heavy atom. The van der Waals surface area contributed by atoms with Crippen LogP contribution in [0.1, 0.15) is 34.7 Å². The van der Waals surface area contributed by atoms with E-state index in [1.807, 2.05) is 42.5 Å². The molecule has 1 aromatic carbocycles. The van der Waals surface area contributed by atoms with E-state index in [1.54, 1.807) is 34.3 Å². The van der Waals surface area contributed by atoms with Crippen LogP contribution in [-0.4, -0.2) is 75.2 Å². The zero-order chi connectivity index (χ0) is 22.1. The van der Waals surface area contributed by atoms with Gasteiger partial charge >= 0.3 is 0 Å². The molecule has 5 rings (SSSR count). The molecule has 0 saturated carbocycles. The number of likely N-dealkylation sites (tertiary alicyclic amines) is 2. The highest BCUT2D eigenvalue weighted by molar-refractivity contribution is 6.07. The summed E-state index contributed by atoms with van der Waals surface area (Å²) in [6.07, 6.45) is 8.36. The van der Waals surface area contributed by atoms with E-state index < -0.39 is 5.54 Å². The molecule has 1 aromatic heterocycles. The number of rotatable bonds is 5. The van der Waals surface area contributed by atoms with Crippen molar-refractivity contribution in [3.8, 4) is 0 Å². The molecule has 2 atom stereocenters. The molecule has 2 saturated heterocycles. The second kappa shape index (κ2) is 8.31. The van der Waals surface area contributed by atoms with Gasteiger partial charge < -0.3 is 14.9 Å². The minimum atomic E-state index is -0.519. The van der Waals surface area contributed by atoms with E-state index in [1.165, 1.54) is 0 Å². The third-order valence-corrected chi connectivity index (χ3v) is 6.80. The molecular weight excluding hydrogens is 404 g/mol. The van der Waals surface area contributed by atoms with Gasteiger partial charge in [0.25, 0.3) is 5.91 Å². The number of hydrogen-bond acceptors (Lipinski definition) is 5. The van der Waals surface area contributed by atoms with Crippen molar-refractivity contribution in [3.63, 3.8) is 0 Å². The predicted octanol–water partition coefficient (Wildman–Crippen LogP) is 2.05. The Bertz CT molecular complexity index is 1060. The largest absolute Gasteiger partial charge is 0.394 e. The van der Waals surface area contributed by atoms with Gasteiger partial charge in [0.05, 0.1) is 24.6 Å². The third kappa shape index (κ3) is 3.33. The number of aliphatic hydroxyl groups excluding tert-OH is 1. The van der Waals surface area contributed by atoms with Crippen molar-refractivity contribution >= 4 is 17.5 Å². The summed E-state index contributed by atoms with van der Waals surface area (Å²) in [6.45, 7) is 1.50. The van der Waals surface area contributed by atoms with Gasteiger partial charge in [-0.15, -0.1) is 0 Å². The Morgan fingerprint density at radius 1 is 1.09 bits per heavy atom. The smallest absolute Gasteiger partial charge is 0.254 e. The van der Waals surface area contributed by atoms with Crippen LogP contribution in [0, 0.1) is 0 Å². The van der Waals surface area contributed by atoms with Gasteiger partial charge in [0.1, 0.15) is 0 Å². The minimum Gasteiger partial charge on any atom is -0.394 e. The first-order valence-corrected chi connectivity index (χ1v) is 11.0. The average molecular weight is 431 g/mol. The maximum Gasteiger partial charge on any atom is 0.254 e. The van der Waals surface area contributed by atoms with Crippen molar-refractivity contribution in [2.24, 2.45) is 4.99 Å². The van der Waals surface area contributed by atoms with E-state index >= 15 is 0 Å². The number of amides is 2. The molecule has 2 aromatic rings. The lowest BCUT2D eigenvalue weighted by Crippen LogP contribution is -2.86. The van der Waals surface area contributed by atoms with Gasteiger partial charge in [-0.3, -0.25) is 19.6 Å². The standard InChI is InChI=1S/C25H26N4O3/c30-15-21-23(18-6-2-1-3-7-18)25(29(21)24(32)19-9-12-26-13-10-19)16-28(17-25)22(31)14-20-8-4-5-11-27-20/h1-4,6-10,12-13,21,23,30H,5,11,14-17H2/t21-,23+/m1/s1. The van der Waals surface area contributed by atoms with Gasteiger partial charge in [0.15, 0.2) is 0 Å². The van der Waals surface area contributed by atoms with Crippen molar-refractivity contribution in [3.05, 3.63) is 78.1 Å². The molecule has 2 amide bonds. The maximum absolute atomic E-state index is 13.4. The molecule has 3 aliphatic rings. The number of pyridine rings is 1. The summed E-state index contributed by atoms with van der Waals surface area (Å²) in [5.41, 5.74) is 1.91. The summed E-state index contributed by atoms with van der Waals surface area (Å²) < 4.78 is 0. The summed E-state index contributed by atoms with van der Waals surface area (Å²) in [7, 11) is 0. The van der Waals surface area contributed by atoms with Crippen LogP contribution in [0.3, 0.4) is 0 Å². The molecule has 2 fully saturated rings. The van der Waals surface area contributed by atoms with E-state index in [-0.39, 0.29) is 36.8 Å². The number of dihydropyridines is 1. The second-order valence-corrected chi connectivity index (χ2v) is 8.64. The molecule has 0 aliphatic carbocycles. The van der Waals surface area contributed by atoms with Gasteiger partial charge in [-0.1, -0.05) is 36.4 Å². The number of hydrogen-bond donors (Lipinski definition) is 1. The number of nitrogens with zero attached hydrogens (tertiary/aromatic N) is 4. The molecule has 0 radical (unpaired) electrons. The summed E-state index contributed by atoms with van der Waals surface area (Å²) >= 11 is 0. The van der Waals surface area contributed by atoms with Crippen molar-refractivity contribution < 1.29 is 14.7 Å². The number of carbonyl (C=O) groups excluding carboxylic acids is 2. The summed E-state index contributed by atoms with van der Waals surface area (Å²) in [6, 6.07) is 13.0. The second-order valence-electron chi connectivity index (χ2n) is 8.64. The topological polar surface area (TPSA) is 86.1 Å². The van der Waals surface area contributed by atoms with Crippen LogP contribution in [0.2, 0.25) is 0 Å². The first kappa shape index (κ1) is 20.6. The van der Waals surface area contributed by atoms with Crippen LogP contribution < -0.4 is 0 Å². The minimum absolute atomic E-state index is 0.0245. The van der Waals surface area contributed by atoms with E-state index in [0.717, 1.165) is 24.2 Å². The Labute approximate surface area is 187 Å². The maximum atomic E-state index is 13.4. The SMILES string of the molecule is O=C(CC1=NCCC=C1)N1CC2(C1)[C@@H](c1ccccc1)[C@@H](CO)N2C(=O)c1ccncc1. The first-order valence-electron chi connectivity index (χ1n) is 11.0. The molecule has 164 valence electrons. The number of aliphatic imine (C=N–C) groups is 1. The van der Waals surface area contributed by atoms with Crippen LogP contribution >= 0.6 is 0 Å². The number of benzene rings is 1. The zero-order valence-corrected chi connectivity index (χ0v) is 17.8. The van der Waals surface area contributed by atoms with Crippen molar-refractivity contribution in [2.45, 2.75) is 30.3 Å². The lowest BCUT2D eigenvalue weighted by molar-refractivity contribution is -0.177. The predicted molar refractivity (Wildman–Crippen MR) is 120 cm³/mol.